The van der Waals surface area contributed by atoms with Crippen molar-refractivity contribution in [3.8, 4) is 0 Å². The highest BCUT2D eigenvalue weighted by Gasteiger charge is 2.14. The molecule has 1 rings (SSSR count). The molecule has 0 unspecified atom stereocenters. The van der Waals surface area contributed by atoms with E-state index in [-0.39, 0.29) is 0 Å². The summed E-state index contributed by atoms with van der Waals surface area (Å²) in [5.74, 6) is 1.49. The Morgan fingerprint density at radius 3 is 1.52 bits per heavy atom. The first kappa shape index (κ1) is 18.3. The predicted molar refractivity (Wildman–Crippen MR) is 96.0 cm³/mol. The zero-order chi connectivity index (χ0) is 15.7. The fourth-order valence-electron chi connectivity index (χ4n) is 3.14. The van der Waals surface area contributed by atoms with Gasteiger partial charge in [-0.3, -0.25) is 0 Å². The molecule has 1 radical (unpaired) electrons. The summed E-state index contributed by atoms with van der Waals surface area (Å²) in [6, 6.07) is 5.01. The number of aryl methyl sites for hydroxylation is 3. The van der Waals surface area contributed by atoms with E-state index in [2.05, 4.69) is 46.8 Å². The summed E-state index contributed by atoms with van der Waals surface area (Å²) in [6.07, 6.45) is 11.5. The van der Waals surface area contributed by atoms with Crippen LogP contribution in [0.1, 0.15) is 95.4 Å². The van der Waals surface area contributed by atoms with E-state index in [0.717, 1.165) is 0 Å². The molecule has 0 aliphatic rings. The normalized spacial score (nSPS) is 11.3. The highest BCUT2D eigenvalue weighted by atomic mass is 14.2. The van der Waals surface area contributed by atoms with Crippen LogP contribution in [0, 0.1) is 5.92 Å². The Kier molecular flexibility index (Phi) is 8.73. The quantitative estimate of drug-likeness (QED) is 0.450. The molecule has 0 aliphatic carbocycles. The Bertz CT molecular complexity index is 371. The van der Waals surface area contributed by atoms with E-state index in [1.54, 1.807) is 22.3 Å². The molecule has 0 saturated carbocycles. The summed E-state index contributed by atoms with van der Waals surface area (Å²) >= 11 is 0. The predicted octanol–water partition coefficient (Wildman–Crippen LogP) is 6.68. The first-order valence-electron chi connectivity index (χ1n) is 9.09. The molecular formula is C21H35. The number of rotatable bonds is 10. The minimum Gasteiger partial charge on any atom is -0.0654 e. The van der Waals surface area contributed by atoms with Crippen LogP contribution in [0.15, 0.2) is 12.1 Å². The van der Waals surface area contributed by atoms with Gasteiger partial charge in [-0.05, 0) is 66.7 Å². The zero-order valence-electron chi connectivity index (χ0n) is 15.0. The van der Waals surface area contributed by atoms with Crippen molar-refractivity contribution in [1.82, 2.24) is 0 Å². The van der Waals surface area contributed by atoms with Crippen molar-refractivity contribution in [2.24, 2.45) is 0 Å². The van der Waals surface area contributed by atoms with Crippen LogP contribution in [-0.4, -0.2) is 0 Å². The summed E-state index contributed by atoms with van der Waals surface area (Å²) < 4.78 is 0. The molecule has 0 fully saturated rings. The molecule has 0 amide bonds. The van der Waals surface area contributed by atoms with Crippen LogP contribution in [-0.2, 0) is 19.3 Å². The lowest BCUT2D eigenvalue weighted by Gasteiger charge is -2.20. The maximum absolute atomic E-state index is 2.50. The van der Waals surface area contributed by atoms with Crippen molar-refractivity contribution in [2.75, 3.05) is 0 Å². The average Bonchev–Trinajstić information content (AvgIpc) is 2.47. The number of unbranched alkanes of at least 4 members (excludes halogenated alkanes) is 3. The topological polar surface area (TPSA) is 0 Å². The van der Waals surface area contributed by atoms with Crippen LogP contribution in [0.25, 0.3) is 0 Å². The second-order valence-corrected chi connectivity index (χ2v) is 6.60. The van der Waals surface area contributed by atoms with Crippen molar-refractivity contribution in [3.63, 3.8) is 0 Å². The van der Waals surface area contributed by atoms with Crippen molar-refractivity contribution < 1.29 is 0 Å². The van der Waals surface area contributed by atoms with Gasteiger partial charge in [0.05, 0.1) is 0 Å². The van der Waals surface area contributed by atoms with Crippen LogP contribution in [0.4, 0.5) is 0 Å². The van der Waals surface area contributed by atoms with Crippen molar-refractivity contribution >= 4 is 0 Å². The molecule has 119 valence electrons. The van der Waals surface area contributed by atoms with Gasteiger partial charge in [-0.1, -0.05) is 66.0 Å². The fraction of sp³-hybridized carbons (Fsp3) is 0.667. The third-order valence-electron chi connectivity index (χ3n) is 4.28. The van der Waals surface area contributed by atoms with Gasteiger partial charge in [0.2, 0.25) is 0 Å². The Hall–Kier alpha value is -0.780. The maximum atomic E-state index is 2.50. The van der Waals surface area contributed by atoms with E-state index in [4.69, 9.17) is 0 Å². The standard InChI is InChI=1S/C21H35/c1-6-9-12-18-15-19(13-10-7-2)21(17(4)5)20(16-18)14-11-8-3/h15-16H,6-14H2,1-5H3. The van der Waals surface area contributed by atoms with Crippen LogP contribution in [0.5, 0.6) is 0 Å². The number of hydrogen-bond acceptors (Lipinski definition) is 0. The molecule has 0 N–H and O–H groups in total. The van der Waals surface area contributed by atoms with Crippen molar-refractivity contribution in [1.29, 1.82) is 0 Å². The Balaban J connectivity index is 3.14. The minimum atomic E-state index is 1.25. The summed E-state index contributed by atoms with van der Waals surface area (Å²) in [5, 5.41) is 0. The Labute approximate surface area is 133 Å². The molecule has 0 aliphatic heterocycles. The lowest BCUT2D eigenvalue weighted by Crippen LogP contribution is -2.06. The molecule has 1 aromatic rings. The van der Waals surface area contributed by atoms with Gasteiger partial charge in [0.15, 0.2) is 0 Å². The third-order valence-corrected chi connectivity index (χ3v) is 4.28. The molecule has 0 spiro atoms. The van der Waals surface area contributed by atoms with Crippen molar-refractivity contribution in [2.45, 2.75) is 92.4 Å². The van der Waals surface area contributed by atoms with E-state index in [1.165, 1.54) is 63.7 Å². The van der Waals surface area contributed by atoms with Crippen LogP contribution < -0.4 is 0 Å². The van der Waals surface area contributed by atoms with Gasteiger partial charge in [-0.15, -0.1) is 0 Å². The third kappa shape index (κ3) is 5.85. The van der Waals surface area contributed by atoms with Gasteiger partial charge in [0.25, 0.3) is 0 Å². The van der Waals surface area contributed by atoms with Gasteiger partial charge in [-0.25, -0.2) is 0 Å². The number of hydrogen-bond donors (Lipinski definition) is 0. The second-order valence-electron chi connectivity index (χ2n) is 6.60. The minimum absolute atomic E-state index is 1.25. The van der Waals surface area contributed by atoms with Gasteiger partial charge in [0.1, 0.15) is 0 Å². The first-order valence-corrected chi connectivity index (χ1v) is 9.09. The molecule has 0 atom stereocenters. The number of benzene rings is 1. The lowest BCUT2D eigenvalue weighted by atomic mass is 9.85. The van der Waals surface area contributed by atoms with E-state index in [1.807, 2.05) is 0 Å². The van der Waals surface area contributed by atoms with E-state index < -0.39 is 0 Å². The van der Waals surface area contributed by atoms with E-state index >= 15 is 0 Å². The van der Waals surface area contributed by atoms with Gasteiger partial charge >= 0.3 is 0 Å². The van der Waals surface area contributed by atoms with Crippen LogP contribution in [0.3, 0.4) is 0 Å². The molecule has 0 aromatic heterocycles. The Morgan fingerprint density at radius 2 is 1.14 bits per heavy atom. The monoisotopic (exact) mass is 287 g/mol. The molecule has 1 aromatic carbocycles. The maximum Gasteiger partial charge on any atom is -0.000639 e. The first-order chi connectivity index (χ1) is 10.1. The molecule has 0 bridgehead atoms. The highest BCUT2D eigenvalue weighted by molar-refractivity contribution is 5.46. The summed E-state index contributed by atoms with van der Waals surface area (Å²) in [7, 11) is 0. The lowest BCUT2D eigenvalue weighted by molar-refractivity contribution is 0.756. The largest absolute Gasteiger partial charge is 0.0654 e. The highest BCUT2D eigenvalue weighted by Crippen LogP contribution is 2.28. The van der Waals surface area contributed by atoms with Gasteiger partial charge in [0, 0.05) is 0 Å². The van der Waals surface area contributed by atoms with E-state index in [0.29, 0.717) is 0 Å². The summed E-state index contributed by atoms with van der Waals surface area (Å²) in [5.41, 5.74) is 6.37. The van der Waals surface area contributed by atoms with Crippen LogP contribution >= 0.6 is 0 Å². The Morgan fingerprint density at radius 1 is 0.714 bits per heavy atom. The van der Waals surface area contributed by atoms with Crippen LogP contribution in [0.2, 0.25) is 0 Å². The summed E-state index contributed by atoms with van der Waals surface area (Å²) in [6.45, 7) is 11.4. The van der Waals surface area contributed by atoms with E-state index in [9.17, 15) is 0 Å². The smallest absolute Gasteiger partial charge is 0.000639 e. The molecule has 21 heavy (non-hydrogen) atoms. The van der Waals surface area contributed by atoms with Gasteiger partial charge < -0.3 is 0 Å². The summed E-state index contributed by atoms with van der Waals surface area (Å²) in [4.78, 5) is 0. The second kappa shape index (κ2) is 10.0. The fourth-order valence-corrected chi connectivity index (χ4v) is 3.14. The zero-order valence-corrected chi connectivity index (χ0v) is 15.0. The average molecular weight is 288 g/mol. The van der Waals surface area contributed by atoms with Crippen molar-refractivity contribution in [3.05, 3.63) is 40.3 Å². The molecule has 0 heterocycles. The molecule has 0 saturated heterocycles. The molecular weight excluding hydrogens is 252 g/mol. The molecule has 0 nitrogen and oxygen atoms in total. The molecule has 0 heteroatoms. The SMILES string of the molecule is CCCCc1cc(CCCC)c([C](C)C)c(CCCC)c1. The van der Waals surface area contributed by atoms with Gasteiger partial charge in [-0.2, -0.15) is 0 Å².